The van der Waals surface area contributed by atoms with E-state index in [0.717, 1.165) is 13.1 Å². The number of nitrogens with one attached hydrogen (secondary N) is 1. The quantitative estimate of drug-likeness (QED) is 0.916. The lowest BCUT2D eigenvalue weighted by Gasteiger charge is -2.16. The molecule has 0 radical (unpaired) electrons. The molecule has 6 heteroatoms. The van der Waals surface area contributed by atoms with Crippen LogP contribution < -0.4 is 4.72 Å². The Morgan fingerprint density at radius 2 is 1.95 bits per heavy atom. The Hall–Kier alpha value is -1.63. The molecule has 5 nitrogen and oxygen atoms in total. The van der Waals surface area contributed by atoms with Crippen LogP contribution in [-0.2, 0) is 16.6 Å². The van der Waals surface area contributed by atoms with Crippen LogP contribution in [0.15, 0.2) is 58.2 Å². The molecule has 1 N–H and O–H groups in total. The molecule has 2 aromatic rings. The average Bonchev–Trinajstić information content (AvgIpc) is 3.11. The molecule has 0 spiro atoms. The maximum Gasteiger partial charge on any atom is 0.274 e. The summed E-state index contributed by atoms with van der Waals surface area (Å²) >= 11 is 0. The van der Waals surface area contributed by atoms with E-state index in [1.165, 1.54) is 17.9 Å². The van der Waals surface area contributed by atoms with Gasteiger partial charge in [0.05, 0.1) is 6.26 Å². The third-order valence-corrected chi connectivity index (χ3v) is 5.38. The molecule has 1 aromatic heterocycles. The Kier molecular flexibility index (Phi) is 4.33. The molecule has 1 saturated heterocycles. The minimum Gasteiger partial charge on any atom is -0.452 e. The first kappa shape index (κ1) is 15.3. The Balaban J connectivity index is 1.64. The standard InChI is InChI=1S/C16H20N2O3S/c1-13-10-18(11-14-6-3-2-4-7-14)12-15(13)17-22(19,20)16-8-5-9-21-16/h2-9,13,15,17H,10-12H2,1H3/t13-,15+/m0/s1. The van der Waals surface area contributed by atoms with Gasteiger partial charge in [-0.3, -0.25) is 4.90 Å². The molecule has 0 bridgehead atoms. The van der Waals surface area contributed by atoms with Crippen molar-refractivity contribution in [2.75, 3.05) is 13.1 Å². The Morgan fingerprint density at radius 3 is 2.64 bits per heavy atom. The number of rotatable bonds is 5. The van der Waals surface area contributed by atoms with Gasteiger partial charge in [-0.05, 0) is 23.6 Å². The molecular weight excluding hydrogens is 300 g/mol. The molecule has 1 aromatic carbocycles. The van der Waals surface area contributed by atoms with E-state index >= 15 is 0 Å². The van der Waals surface area contributed by atoms with E-state index in [2.05, 4.69) is 28.7 Å². The minimum atomic E-state index is -3.57. The highest BCUT2D eigenvalue weighted by Crippen LogP contribution is 2.21. The van der Waals surface area contributed by atoms with Gasteiger partial charge in [-0.15, -0.1) is 0 Å². The molecule has 3 rings (SSSR count). The summed E-state index contributed by atoms with van der Waals surface area (Å²) in [6, 6.07) is 13.2. The van der Waals surface area contributed by atoms with Crippen molar-refractivity contribution in [2.45, 2.75) is 24.6 Å². The average molecular weight is 320 g/mol. The van der Waals surface area contributed by atoms with Crippen molar-refractivity contribution in [3.05, 3.63) is 54.3 Å². The largest absolute Gasteiger partial charge is 0.452 e. The summed E-state index contributed by atoms with van der Waals surface area (Å²) in [4.78, 5) is 2.27. The van der Waals surface area contributed by atoms with Crippen molar-refractivity contribution in [3.8, 4) is 0 Å². The van der Waals surface area contributed by atoms with E-state index < -0.39 is 10.0 Å². The van der Waals surface area contributed by atoms with Gasteiger partial charge in [-0.1, -0.05) is 37.3 Å². The predicted molar refractivity (Wildman–Crippen MR) is 83.7 cm³/mol. The maximum absolute atomic E-state index is 12.2. The highest BCUT2D eigenvalue weighted by molar-refractivity contribution is 7.89. The second kappa shape index (κ2) is 6.24. The van der Waals surface area contributed by atoms with E-state index in [-0.39, 0.29) is 17.1 Å². The zero-order valence-corrected chi connectivity index (χ0v) is 13.3. The summed E-state index contributed by atoms with van der Waals surface area (Å²) in [6.45, 7) is 4.49. The molecule has 2 atom stereocenters. The summed E-state index contributed by atoms with van der Waals surface area (Å²) in [7, 11) is -3.57. The van der Waals surface area contributed by atoms with Gasteiger partial charge in [0.1, 0.15) is 0 Å². The summed E-state index contributed by atoms with van der Waals surface area (Å²) in [5.41, 5.74) is 1.24. The lowest BCUT2D eigenvalue weighted by molar-refractivity contribution is 0.318. The van der Waals surface area contributed by atoms with E-state index in [4.69, 9.17) is 4.42 Å². The summed E-state index contributed by atoms with van der Waals surface area (Å²) in [5.74, 6) is 0.258. The van der Waals surface area contributed by atoms with Crippen LogP contribution in [0.25, 0.3) is 0 Å². The second-order valence-corrected chi connectivity index (χ2v) is 7.46. The van der Waals surface area contributed by atoms with Gasteiger partial charge in [0, 0.05) is 25.7 Å². The van der Waals surface area contributed by atoms with Crippen LogP contribution in [0.1, 0.15) is 12.5 Å². The number of furan rings is 1. The van der Waals surface area contributed by atoms with Crippen LogP contribution in [-0.4, -0.2) is 32.4 Å². The number of hydrogen-bond acceptors (Lipinski definition) is 4. The van der Waals surface area contributed by atoms with Crippen LogP contribution in [0.2, 0.25) is 0 Å². The summed E-state index contributed by atoms with van der Waals surface area (Å²) in [6.07, 6.45) is 1.37. The Labute approximate surface area is 131 Å². The van der Waals surface area contributed by atoms with E-state index in [1.807, 2.05) is 18.2 Å². The van der Waals surface area contributed by atoms with Crippen molar-refractivity contribution in [1.82, 2.24) is 9.62 Å². The van der Waals surface area contributed by atoms with Gasteiger partial charge in [-0.25, -0.2) is 13.1 Å². The lowest BCUT2D eigenvalue weighted by Crippen LogP contribution is -2.39. The fraction of sp³-hybridized carbons (Fsp3) is 0.375. The molecule has 0 aliphatic carbocycles. The predicted octanol–water partition coefficient (Wildman–Crippen LogP) is 2.08. The normalized spacial score (nSPS) is 23.0. The molecule has 0 saturated carbocycles. The minimum absolute atomic E-state index is 0.0267. The number of hydrogen-bond donors (Lipinski definition) is 1. The molecule has 2 heterocycles. The first-order valence-corrected chi connectivity index (χ1v) is 8.85. The van der Waals surface area contributed by atoms with Gasteiger partial charge in [0.15, 0.2) is 0 Å². The summed E-state index contributed by atoms with van der Waals surface area (Å²) in [5, 5.41) is -0.0267. The van der Waals surface area contributed by atoms with E-state index in [1.54, 1.807) is 6.07 Å². The van der Waals surface area contributed by atoms with E-state index in [0.29, 0.717) is 6.54 Å². The van der Waals surface area contributed by atoms with Gasteiger partial charge in [0.2, 0.25) is 5.09 Å². The zero-order valence-electron chi connectivity index (χ0n) is 12.5. The molecule has 22 heavy (non-hydrogen) atoms. The number of nitrogens with zero attached hydrogens (tertiary/aromatic N) is 1. The monoisotopic (exact) mass is 320 g/mol. The third-order valence-electron chi connectivity index (χ3n) is 4.00. The Morgan fingerprint density at radius 1 is 1.18 bits per heavy atom. The first-order valence-electron chi connectivity index (χ1n) is 7.37. The van der Waals surface area contributed by atoms with Gasteiger partial charge >= 0.3 is 0 Å². The second-order valence-electron chi connectivity index (χ2n) is 5.82. The highest BCUT2D eigenvalue weighted by Gasteiger charge is 2.33. The fourth-order valence-corrected chi connectivity index (χ4v) is 4.13. The van der Waals surface area contributed by atoms with Gasteiger partial charge in [-0.2, -0.15) is 0 Å². The van der Waals surface area contributed by atoms with Crippen molar-refractivity contribution >= 4 is 10.0 Å². The first-order chi connectivity index (χ1) is 10.5. The van der Waals surface area contributed by atoms with Crippen LogP contribution in [0.4, 0.5) is 0 Å². The SMILES string of the molecule is C[C@H]1CN(Cc2ccccc2)C[C@H]1NS(=O)(=O)c1ccco1. The topological polar surface area (TPSA) is 62.6 Å². The van der Waals surface area contributed by atoms with Crippen molar-refractivity contribution in [3.63, 3.8) is 0 Å². The smallest absolute Gasteiger partial charge is 0.274 e. The maximum atomic E-state index is 12.2. The van der Waals surface area contributed by atoms with Crippen molar-refractivity contribution in [1.29, 1.82) is 0 Å². The molecule has 1 fully saturated rings. The lowest BCUT2D eigenvalue weighted by atomic mass is 10.1. The van der Waals surface area contributed by atoms with Crippen molar-refractivity contribution < 1.29 is 12.8 Å². The number of likely N-dealkylation sites (tertiary alicyclic amines) is 1. The Bertz CT molecular complexity index is 698. The highest BCUT2D eigenvalue weighted by atomic mass is 32.2. The van der Waals surface area contributed by atoms with E-state index in [9.17, 15) is 8.42 Å². The zero-order chi connectivity index (χ0) is 15.6. The van der Waals surface area contributed by atoms with Crippen LogP contribution >= 0.6 is 0 Å². The van der Waals surface area contributed by atoms with Gasteiger partial charge in [0.25, 0.3) is 10.0 Å². The number of benzene rings is 1. The van der Waals surface area contributed by atoms with Crippen LogP contribution in [0.5, 0.6) is 0 Å². The van der Waals surface area contributed by atoms with Crippen molar-refractivity contribution in [2.24, 2.45) is 5.92 Å². The molecule has 1 aliphatic heterocycles. The fourth-order valence-electron chi connectivity index (χ4n) is 2.87. The summed E-state index contributed by atoms with van der Waals surface area (Å²) < 4.78 is 32.2. The molecule has 118 valence electrons. The van der Waals surface area contributed by atoms with Gasteiger partial charge < -0.3 is 4.42 Å². The molecular formula is C16H20N2O3S. The third kappa shape index (κ3) is 3.40. The van der Waals surface area contributed by atoms with Crippen LogP contribution in [0.3, 0.4) is 0 Å². The molecule has 0 unspecified atom stereocenters. The molecule has 0 amide bonds. The number of sulfonamides is 1. The van der Waals surface area contributed by atoms with Crippen LogP contribution in [0, 0.1) is 5.92 Å². The molecule has 1 aliphatic rings.